The number of thiophene rings is 1. The van der Waals surface area contributed by atoms with Crippen molar-refractivity contribution < 1.29 is 19.1 Å². The van der Waals surface area contributed by atoms with E-state index in [2.05, 4.69) is 42.7 Å². The Bertz CT molecular complexity index is 764. The molecule has 1 aromatic heterocycles. The number of amides is 2. The van der Waals surface area contributed by atoms with E-state index in [9.17, 15) is 9.59 Å². The lowest BCUT2D eigenvalue weighted by molar-refractivity contribution is 0.0848. The molecule has 0 fully saturated rings. The van der Waals surface area contributed by atoms with Gasteiger partial charge in [0.05, 0.1) is 26.9 Å². The van der Waals surface area contributed by atoms with Crippen LogP contribution in [0.2, 0.25) is 0 Å². The predicted molar refractivity (Wildman–Crippen MR) is 98.8 cm³/mol. The molecule has 1 heterocycles. The number of ether oxygens (including phenoxy) is 2. The molecule has 128 valence electrons. The van der Waals surface area contributed by atoms with E-state index in [0.29, 0.717) is 33.0 Å². The molecular weight excluding hydrogens is 464 g/mol. The lowest BCUT2D eigenvalue weighted by atomic mass is 10.2. The number of benzene rings is 1. The number of methoxy groups -OCH3 is 1. The first-order valence-corrected chi connectivity index (χ1v) is 9.22. The number of carbonyl (C=O) groups excluding carboxylic acids is 2. The molecule has 0 bridgehead atoms. The average molecular weight is 478 g/mol. The summed E-state index contributed by atoms with van der Waals surface area (Å²) in [7, 11) is 1.49. The molecule has 2 N–H and O–H groups in total. The van der Waals surface area contributed by atoms with Gasteiger partial charge in [-0.1, -0.05) is 0 Å². The summed E-state index contributed by atoms with van der Waals surface area (Å²) >= 11 is 7.90. The molecule has 24 heavy (non-hydrogen) atoms. The number of rotatable bonds is 5. The summed E-state index contributed by atoms with van der Waals surface area (Å²) in [4.78, 5) is 24.6. The minimum Gasteiger partial charge on any atom is -0.493 e. The molecule has 1 aromatic carbocycles. The van der Waals surface area contributed by atoms with Crippen molar-refractivity contribution in [2.24, 2.45) is 0 Å². The topological polar surface area (TPSA) is 76.7 Å². The molecule has 2 amide bonds. The van der Waals surface area contributed by atoms with E-state index in [-0.39, 0.29) is 0 Å². The van der Waals surface area contributed by atoms with Crippen LogP contribution in [-0.4, -0.2) is 25.5 Å². The molecule has 0 radical (unpaired) electrons. The van der Waals surface area contributed by atoms with Gasteiger partial charge >= 0.3 is 0 Å². The van der Waals surface area contributed by atoms with E-state index < -0.39 is 11.8 Å². The highest BCUT2D eigenvalue weighted by molar-refractivity contribution is 9.11. The monoisotopic (exact) mass is 476 g/mol. The molecule has 0 aliphatic rings. The van der Waals surface area contributed by atoms with Gasteiger partial charge in [0.2, 0.25) is 0 Å². The average Bonchev–Trinajstić information content (AvgIpc) is 3.00. The Morgan fingerprint density at radius 3 is 2.46 bits per heavy atom. The van der Waals surface area contributed by atoms with E-state index in [0.717, 1.165) is 3.79 Å². The minimum atomic E-state index is -0.471. The smallest absolute Gasteiger partial charge is 0.279 e. The van der Waals surface area contributed by atoms with Gasteiger partial charge in [-0.3, -0.25) is 20.4 Å². The number of hydrazine groups is 1. The summed E-state index contributed by atoms with van der Waals surface area (Å²) in [6.45, 7) is 2.32. The fourth-order valence-corrected chi connectivity index (χ4v) is 3.66. The highest BCUT2D eigenvalue weighted by atomic mass is 79.9. The van der Waals surface area contributed by atoms with Crippen LogP contribution in [0.25, 0.3) is 0 Å². The molecule has 9 heteroatoms. The molecule has 0 saturated carbocycles. The van der Waals surface area contributed by atoms with Gasteiger partial charge in [-0.2, -0.15) is 0 Å². The maximum atomic E-state index is 12.2. The van der Waals surface area contributed by atoms with Crippen LogP contribution in [0.4, 0.5) is 0 Å². The molecule has 0 unspecified atom stereocenters. The second kappa shape index (κ2) is 8.50. The number of hydrogen-bond donors (Lipinski definition) is 2. The molecule has 0 saturated heterocycles. The van der Waals surface area contributed by atoms with Crippen molar-refractivity contribution in [3.05, 3.63) is 43.0 Å². The van der Waals surface area contributed by atoms with E-state index in [1.807, 2.05) is 6.92 Å². The van der Waals surface area contributed by atoms with Crippen LogP contribution in [0, 0.1) is 0 Å². The molecule has 2 aromatic rings. The first-order valence-electron chi connectivity index (χ1n) is 6.82. The van der Waals surface area contributed by atoms with E-state index >= 15 is 0 Å². The minimum absolute atomic E-state index is 0.315. The first-order chi connectivity index (χ1) is 11.5. The maximum Gasteiger partial charge on any atom is 0.279 e. The standard InChI is InChI=1S/C15H14Br2N2O4S/c1-3-23-13-9(16)6-8(7-10(13)22-2)14(20)18-19-15(21)11-4-5-12(17)24-11/h4-7H,3H2,1-2H3,(H,18,20)(H,19,21). The number of nitrogens with one attached hydrogen (secondary N) is 2. The number of carbonyl (C=O) groups is 2. The van der Waals surface area contributed by atoms with Crippen LogP contribution in [0.1, 0.15) is 27.0 Å². The Morgan fingerprint density at radius 1 is 1.17 bits per heavy atom. The van der Waals surface area contributed by atoms with Crippen LogP contribution >= 0.6 is 43.2 Å². The summed E-state index contributed by atoms with van der Waals surface area (Å²) in [5.41, 5.74) is 5.06. The lowest BCUT2D eigenvalue weighted by Gasteiger charge is -2.13. The molecule has 0 aliphatic heterocycles. The lowest BCUT2D eigenvalue weighted by Crippen LogP contribution is -2.41. The normalized spacial score (nSPS) is 10.2. The number of hydrogen-bond acceptors (Lipinski definition) is 5. The van der Waals surface area contributed by atoms with Crippen LogP contribution in [0.3, 0.4) is 0 Å². The number of halogens is 2. The van der Waals surface area contributed by atoms with E-state index in [1.54, 1.807) is 24.3 Å². The molecular formula is C15H14Br2N2O4S. The van der Waals surface area contributed by atoms with Crippen LogP contribution in [-0.2, 0) is 0 Å². The van der Waals surface area contributed by atoms with Crippen LogP contribution < -0.4 is 20.3 Å². The highest BCUT2D eigenvalue weighted by Gasteiger charge is 2.16. The molecule has 2 rings (SSSR count). The summed E-state index contributed by atoms with van der Waals surface area (Å²) in [5, 5.41) is 0. The van der Waals surface area contributed by atoms with Crippen LogP contribution in [0.5, 0.6) is 11.5 Å². The Kier molecular flexibility index (Phi) is 6.64. The van der Waals surface area contributed by atoms with Crippen molar-refractivity contribution in [1.29, 1.82) is 0 Å². The Balaban J connectivity index is 2.09. The van der Waals surface area contributed by atoms with E-state index in [4.69, 9.17) is 9.47 Å². The van der Waals surface area contributed by atoms with Crippen molar-refractivity contribution >= 4 is 55.0 Å². The summed E-state index contributed by atoms with van der Waals surface area (Å²) < 4.78 is 12.1. The summed E-state index contributed by atoms with van der Waals surface area (Å²) in [5.74, 6) is 0.0750. The van der Waals surface area contributed by atoms with Gasteiger partial charge < -0.3 is 9.47 Å². The van der Waals surface area contributed by atoms with Gasteiger partial charge in [0.15, 0.2) is 11.5 Å². The second-order valence-electron chi connectivity index (χ2n) is 4.43. The van der Waals surface area contributed by atoms with Crippen molar-refractivity contribution in [2.75, 3.05) is 13.7 Å². The fourth-order valence-electron chi connectivity index (χ4n) is 1.82. The third-order valence-electron chi connectivity index (χ3n) is 2.87. The van der Waals surface area contributed by atoms with Crippen molar-refractivity contribution in [3.63, 3.8) is 0 Å². The second-order valence-corrected chi connectivity index (χ2v) is 7.75. The Hall–Kier alpha value is -1.58. The summed E-state index contributed by atoms with van der Waals surface area (Å²) in [6.07, 6.45) is 0. The van der Waals surface area contributed by atoms with Crippen molar-refractivity contribution in [3.8, 4) is 11.5 Å². The zero-order valence-electron chi connectivity index (χ0n) is 12.8. The zero-order valence-corrected chi connectivity index (χ0v) is 16.8. The van der Waals surface area contributed by atoms with Crippen molar-refractivity contribution in [2.45, 2.75) is 6.92 Å². The molecule has 0 aliphatic carbocycles. The van der Waals surface area contributed by atoms with Gasteiger partial charge in [0, 0.05) is 5.56 Å². The Labute approximate surface area is 159 Å². The first kappa shape index (κ1) is 18.8. The predicted octanol–water partition coefficient (Wildman–Crippen LogP) is 3.76. The van der Waals surface area contributed by atoms with Gasteiger partial charge in [-0.15, -0.1) is 11.3 Å². The van der Waals surface area contributed by atoms with E-state index in [1.165, 1.54) is 18.4 Å². The van der Waals surface area contributed by atoms with Gasteiger partial charge in [0.25, 0.3) is 11.8 Å². The highest BCUT2D eigenvalue weighted by Crippen LogP contribution is 2.36. The third kappa shape index (κ3) is 4.49. The summed E-state index contributed by atoms with van der Waals surface area (Å²) in [6, 6.07) is 6.55. The Morgan fingerprint density at radius 2 is 1.88 bits per heavy atom. The fraction of sp³-hybridized carbons (Fsp3) is 0.200. The SMILES string of the molecule is CCOc1c(Br)cc(C(=O)NNC(=O)c2ccc(Br)s2)cc1OC. The van der Waals surface area contributed by atoms with Crippen molar-refractivity contribution in [1.82, 2.24) is 10.9 Å². The maximum absolute atomic E-state index is 12.2. The quantitative estimate of drug-likeness (QED) is 0.643. The third-order valence-corrected chi connectivity index (χ3v) is 5.08. The van der Waals surface area contributed by atoms with Gasteiger partial charge in [-0.05, 0) is 63.0 Å². The van der Waals surface area contributed by atoms with Gasteiger partial charge in [-0.25, -0.2) is 0 Å². The molecule has 0 spiro atoms. The molecule has 0 atom stereocenters. The largest absolute Gasteiger partial charge is 0.493 e. The van der Waals surface area contributed by atoms with Crippen LogP contribution in [0.15, 0.2) is 32.5 Å². The van der Waals surface area contributed by atoms with Gasteiger partial charge in [0.1, 0.15) is 0 Å². The zero-order chi connectivity index (χ0) is 17.7. The molecule has 6 nitrogen and oxygen atoms in total.